The first-order valence-corrected chi connectivity index (χ1v) is 6.43. The Kier molecular flexibility index (Phi) is 7.54. The molecule has 0 N–H and O–H groups in total. The van der Waals surface area contributed by atoms with Gasteiger partial charge in [-0.05, 0) is 38.0 Å². The number of hydrogen-bond donors (Lipinski definition) is 0. The molecule has 0 aromatic rings. The number of unbranched alkanes of at least 4 members (excludes halogenated alkanes) is 2. The van der Waals surface area contributed by atoms with Gasteiger partial charge in [0.05, 0.1) is 0 Å². The third-order valence-corrected chi connectivity index (χ3v) is 2.16. The molecule has 0 radical (unpaired) electrons. The lowest BCUT2D eigenvalue weighted by Gasteiger charge is -2.16. The molecular formula is C10H19IO3. The van der Waals surface area contributed by atoms with Crippen LogP contribution in [-0.2, 0) is 14.6 Å². The molecule has 0 rings (SSSR count). The van der Waals surface area contributed by atoms with Crippen LogP contribution in [0.2, 0.25) is 0 Å². The van der Waals surface area contributed by atoms with E-state index in [0.29, 0.717) is 6.42 Å². The van der Waals surface area contributed by atoms with Crippen LogP contribution in [0.3, 0.4) is 0 Å². The highest BCUT2D eigenvalue weighted by Gasteiger charge is 2.14. The van der Waals surface area contributed by atoms with Gasteiger partial charge in [0.25, 0.3) is 0 Å². The lowest BCUT2D eigenvalue weighted by atomic mass is 10.2. The van der Waals surface area contributed by atoms with Crippen LogP contribution in [0.1, 0.15) is 46.5 Å². The minimum Gasteiger partial charge on any atom is -0.298 e. The van der Waals surface area contributed by atoms with Crippen LogP contribution < -0.4 is 0 Å². The van der Waals surface area contributed by atoms with E-state index in [-0.39, 0.29) is 5.97 Å². The van der Waals surface area contributed by atoms with Crippen LogP contribution in [0.25, 0.3) is 0 Å². The van der Waals surface area contributed by atoms with Crippen LogP contribution in [-0.4, -0.2) is 16.0 Å². The lowest BCUT2D eigenvalue weighted by molar-refractivity contribution is -0.320. The predicted octanol–water partition coefficient (Wildman–Crippen LogP) is 3.26. The van der Waals surface area contributed by atoms with Crippen molar-refractivity contribution < 1.29 is 14.6 Å². The maximum Gasteiger partial charge on any atom is 0.342 e. The normalized spacial score (nSPS) is 11.4. The Morgan fingerprint density at radius 1 is 1.21 bits per heavy atom. The van der Waals surface area contributed by atoms with Gasteiger partial charge >= 0.3 is 5.97 Å². The number of carbonyl (C=O) groups excluding carboxylic acids is 1. The van der Waals surface area contributed by atoms with Crippen LogP contribution in [0.4, 0.5) is 0 Å². The van der Waals surface area contributed by atoms with Gasteiger partial charge in [0.1, 0.15) is 5.60 Å². The molecule has 0 atom stereocenters. The largest absolute Gasteiger partial charge is 0.342 e. The molecule has 0 aromatic heterocycles. The summed E-state index contributed by atoms with van der Waals surface area (Å²) in [6, 6.07) is 0. The molecule has 84 valence electrons. The van der Waals surface area contributed by atoms with Gasteiger partial charge in [0, 0.05) is 6.42 Å². The van der Waals surface area contributed by atoms with Gasteiger partial charge in [-0.25, -0.2) is 4.79 Å². The first kappa shape index (κ1) is 14.2. The maximum atomic E-state index is 11.1. The second-order valence-electron chi connectivity index (χ2n) is 4.15. The molecule has 0 saturated carbocycles. The average molecular weight is 314 g/mol. The summed E-state index contributed by atoms with van der Waals surface area (Å²) in [5, 5.41) is 0. The third kappa shape index (κ3) is 10.2. The minimum absolute atomic E-state index is 0.270. The standard InChI is InChI=1S/C10H19IO3/c1-10(2,3)14-13-9(12)7-5-4-6-8-11/h4-8H2,1-3H3. The number of rotatable bonds is 6. The number of hydrogen-bond acceptors (Lipinski definition) is 3. The van der Waals surface area contributed by atoms with Crippen molar-refractivity contribution in [2.24, 2.45) is 0 Å². The van der Waals surface area contributed by atoms with E-state index in [1.807, 2.05) is 20.8 Å². The minimum atomic E-state index is -0.419. The van der Waals surface area contributed by atoms with Gasteiger partial charge in [-0.15, -0.1) is 0 Å². The highest BCUT2D eigenvalue weighted by molar-refractivity contribution is 14.1. The Morgan fingerprint density at radius 2 is 1.86 bits per heavy atom. The SMILES string of the molecule is CC(C)(C)OOC(=O)CCCCCI. The molecule has 4 heteroatoms. The summed E-state index contributed by atoms with van der Waals surface area (Å²) in [5.74, 6) is -0.270. The Balaban J connectivity index is 3.38. The molecule has 0 unspecified atom stereocenters. The van der Waals surface area contributed by atoms with Gasteiger partial charge < -0.3 is 0 Å². The van der Waals surface area contributed by atoms with Crippen molar-refractivity contribution in [3.8, 4) is 0 Å². The van der Waals surface area contributed by atoms with Gasteiger partial charge in [-0.2, -0.15) is 4.89 Å². The van der Waals surface area contributed by atoms with E-state index in [1.165, 1.54) is 0 Å². The van der Waals surface area contributed by atoms with Crippen molar-refractivity contribution in [3.05, 3.63) is 0 Å². The molecule has 0 aromatic carbocycles. The third-order valence-electron chi connectivity index (χ3n) is 1.40. The Bertz CT molecular complexity index is 163. The van der Waals surface area contributed by atoms with Crippen molar-refractivity contribution in [2.75, 3.05) is 4.43 Å². The summed E-state index contributed by atoms with van der Waals surface area (Å²) in [6.45, 7) is 5.53. The maximum absolute atomic E-state index is 11.1. The fourth-order valence-electron chi connectivity index (χ4n) is 0.754. The molecule has 0 aliphatic heterocycles. The molecule has 3 nitrogen and oxygen atoms in total. The Labute approximate surface area is 99.6 Å². The van der Waals surface area contributed by atoms with E-state index in [9.17, 15) is 4.79 Å². The molecule has 0 bridgehead atoms. The van der Waals surface area contributed by atoms with Crippen molar-refractivity contribution >= 4 is 28.6 Å². The van der Waals surface area contributed by atoms with Crippen LogP contribution in [0.15, 0.2) is 0 Å². The number of halogens is 1. The molecule has 0 saturated heterocycles. The molecule has 0 aliphatic rings. The Hall–Kier alpha value is 0.160. The smallest absolute Gasteiger partial charge is 0.298 e. The lowest BCUT2D eigenvalue weighted by Crippen LogP contribution is -2.21. The fourth-order valence-corrected chi connectivity index (χ4v) is 1.29. The quantitative estimate of drug-likeness (QED) is 0.248. The Morgan fingerprint density at radius 3 is 2.36 bits per heavy atom. The first-order valence-electron chi connectivity index (χ1n) is 4.90. The molecule has 0 aliphatic carbocycles. The van der Waals surface area contributed by atoms with E-state index >= 15 is 0 Å². The molecule has 0 fully saturated rings. The summed E-state index contributed by atoms with van der Waals surface area (Å²) in [6.07, 6.45) is 3.57. The highest BCUT2D eigenvalue weighted by Crippen LogP contribution is 2.09. The summed E-state index contributed by atoms with van der Waals surface area (Å²) in [5.41, 5.74) is -0.419. The van der Waals surface area contributed by atoms with Crippen molar-refractivity contribution in [2.45, 2.75) is 52.1 Å². The summed E-state index contributed by atoms with van der Waals surface area (Å²) in [7, 11) is 0. The predicted molar refractivity (Wildman–Crippen MR) is 64.3 cm³/mol. The second-order valence-corrected chi connectivity index (χ2v) is 5.23. The summed E-state index contributed by atoms with van der Waals surface area (Å²) >= 11 is 2.33. The van der Waals surface area contributed by atoms with E-state index in [2.05, 4.69) is 27.5 Å². The van der Waals surface area contributed by atoms with E-state index < -0.39 is 5.60 Å². The zero-order valence-electron chi connectivity index (χ0n) is 9.14. The highest BCUT2D eigenvalue weighted by atomic mass is 127. The molecule has 14 heavy (non-hydrogen) atoms. The van der Waals surface area contributed by atoms with Crippen LogP contribution >= 0.6 is 22.6 Å². The topological polar surface area (TPSA) is 35.5 Å². The summed E-state index contributed by atoms with van der Waals surface area (Å²) in [4.78, 5) is 20.6. The van der Waals surface area contributed by atoms with Gasteiger partial charge in [0.15, 0.2) is 0 Å². The molecule has 0 spiro atoms. The van der Waals surface area contributed by atoms with Crippen LogP contribution in [0.5, 0.6) is 0 Å². The molecule has 0 amide bonds. The van der Waals surface area contributed by atoms with E-state index in [1.54, 1.807) is 0 Å². The van der Waals surface area contributed by atoms with Crippen LogP contribution in [0, 0.1) is 0 Å². The number of carbonyl (C=O) groups is 1. The van der Waals surface area contributed by atoms with Gasteiger partial charge in [0.2, 0.25) is 0 Å². The first-order chi connectivity index (χ1) is 6.45. The fraction of sp³-hybridized carbons (Fsp3) is 0.900. The average Bonchev–Trinajstić information content (AvgIpc) is 2.08. The second kappa shape index (κ2) is 7.45. The molecule has 0 heterocycles. The zero-order chi connectivity index (χ0) is 11.0. The monoisotopic (exact) mass is 314 g/mol. The van der Waals surface area contributed by atoms with E-state index in [4.69, 9.17) is 4.89 Å². The summed E-state index contributed by atoms with van der Waals surface area (Å²) < 4.78 is 1.14. The van der Waals surface area contributed by atoms with E-state index in [0.717, 1.165) is 23.7 Å². The van der Waals surface area contributed by atoms with Crippen molar-refractivity contribution in [3.63, 3.8) is 0 Å². The van der Waals surface area contributed by atoms with Crippen molar-refractivity contribution in [1.29, 1.82) is 0 Å². The van der Waals surface area contributed by atoms with Gasteiger partial charge in [-0.3, -0.25) is 4.89 Å². The van der Waals surface area contributed by atoms with Crippen molar-refractivity contribution in [1.82, 2.24) is 0 Å². The molecular weight excluding hydrogens is 295 g/mol. The number of alkyl halides is 1. The van der Waals surface area contributed by atoms with Gasteiger partial charge in [-0.1, -0.05) is 29.0 Å². The zero-order valence-corrected chi connectivity index (χ0v) is 11.3.